The molecule has 2 aromatic rings. The van der Waals surface area contributed by atoms with Crippen LogP contribution >= 0.6 is 11.3 Å². The molecule has 8 heteroatoms. The third-order valence-electron chi connectivity index (χ3n) is 3.11. The molecule has 1 aromatic carbocycles. The molecule has 7 nitrogen and oxygen atoms in total. The molecule has 1 N–H and O–H groups in total. The van der Waals surface area contributed by atoms with Crippen molar-refractivity contribution in [3.8, 4) is 11.5 Å². The van der Waals surface area contributed by atoms with Crippen LogP contribution in [0, 0.1) is 0 Å². The number of anilines is 1. The summed E-state index contributed by atoms with van der Waals surface area (Å²) >= 11 is 1.37. The summed E-state index contributed by atoms with van der Waals surface area (Å²) in [4.78, 5) is 15.7. The molecule has 0 aliphatic carbocycles. The highest BCUT2D eigenvalue weighted by atomic mass is 32.1. The molecule has 0 saturated carbocycles. The Kier molecular flexibility index (Phi) is 7.40. The average molecular weight is 377 g/mol. The van der Waals surface area contributed by atoms with Crippen molar-refractivity contribution in [2.45, 2.75) is 33.3 Å². The lowest BCUT2D eigenvalue weighted by atomic mass is 10.2. The van der Waals surface area contributed by atoms with Gasteiger partial charge < -0.3 is 14.2 Å². The molecule has 0 spiro atoms. The number of carbonyl (C=O) groups excluding carboxylic acids is 1. The van der Waals surface area contributed by atoms with E-state index < -0.39 is 0 Å². The molecule has 0 radical (unpaired) electrons. The molecule has 0 bridgehead atoms. The van der Waals surface area contributed by atoms with Gasteiger partial charge in [0.15, 0.2) is 11.5 Å². The number of nitrogens with zero attached hydrogens (tertiary/aromatic N) is 2. The molecule has 0 fully saturated rings. The lowest BCUT2D eigenvalue weighted by Gasteiger charge is -2.13. The van der Waals surface area contributed by atoms with Gasteiger partial charge >= 0.3 is 5.97 Å². The first-order valence-electron chi connectivity index (χ1n) is 8.25. The maximum Gasteiger partial charge on any atom is 0.311 e. The maximum atomic E-state index is 11.4. The normalized spacial score (nSPS) is 11.0. The Labute approximate surface area is 157 Å². The van der Waals surface area contributed by atoms with E-state index in [9.17, 15) is 4.79 Å². The van der Waals surface area contributed by atoms with Gasteiger partial charge in [-0.15, -0.1) is 11.3 Å². The van der Waals surface area contributed by atoms with E-state index in [4.69, 9.17) is 14.2 Å². The number of methoxy groups -OCH3 is 1. The molecule has 1 aromatic heterocycles. The summed E-state index contributed by atoms with van der Waals surface area (Å²) in [7, 11) is 1.60. The van der Waals surface area contributed by atoms with E-state index in [1.807, 2.05) is 32.0 Å². The molecule has 0 aliphatic heterocycles. The van der Waals surface area contributed by atoms with Crippen LogP contribution in [-0.2, 0) is 16.0 Å². The Bertz CT molecular complexity index is 759. The Morgan fingerprint density at radius 2 is 2.19 bits per heavy atom. The van der Waals surface area contributed by atoms with Crippen molar-refractivity contribution >= 4 is 28.7 Å². The molecule has 140 valence electrons. The smallest absolute Gasteiger partial charge is 0.311 e. The van der Waals surface area contributed by atoms with E-state index in [1.165, 1.54) is 11.3 Å². The van der Waals surface area contributed by atoms with Crippen LogP contribution in [0.25, 0.3) is 0 Å². The molecule has 2 rings (SSSR count). The molecular weight excluding hydrogens is 354 g/mol. The number of thiazole rings is 1. The number of aromatic nitrogens is 1. The maximum absolute atomic E-state index is 11.4. The second kappa shape index (κ2) is 9.76. The van der Waals surface area contributed by atoms with Crippen molar-refractivity contribution in [3.05, 3.63) is 34.8 Å². The minimum absolute atomic E-state index is 0.0683. The van der Waals surface area contributed by atoms with E-state index in [-0.39, 0.29) is 18.5 Å². The van der Waals surface area contributed by atoms with Crippen LogP contribution in [0.1, 0.15) is 32.0 Å². The summed E-state index contributed by atoms with van der Waals surface area (Å²) in [5, 5.41) is 6.57. The van der Waals surface area contributed by atoms with E-state index in [2.05, 4.69) is 15.5 Å². The lowest BCUT2D eigenvalue weighted by molar-refractivity contribution is -0.142. The second-order valence-electron chi connectivity index (χ2n) is 5.57. The fourth-order valence-electron chi connectivity index (χ4n) is 2.08. The number of hydrazone groups is 1. The van der Waals surface area contributed by atoms with Crippen LogP contribution in [-0.4, -0.2) is 37.0 Å². The molecule has 1 heterocycles. The van der Waals surface area contributed by atoms with Gasteiger partial charge in [-0.2, -0.15) is 5.10 Å². The van der Waals surface area contributed by atoms with Gasteiger partial charge in [-0.25, -0.2) is 4.98 Å². The summed E-state index contributed by atoms with van der Waals surface area (Å²) in [6.07, 6.45) is 1.89. The number of esters is 1. The SMILES string of the molecule is CCOC(=O)Cc1csc(NN=Cc2ccc(OC(C)C)c(OC)c2)n1. The van der Waals surface area contributed by atoms with Crippen LogP contribution in [0.3, 0.4) is 0 Å². The number of ether oxygens (including phenoxy) is 3. The number of hydrogen-bond donors (Lipinski definition) is 1. The van der Waals surface area contributed by atoms with Gasteiger partial charge in [0.05, 0.1) is 38.1 Å². The van der Waals surface area contributed by atoms with Gasteiger partial charge in [-0.05, 0) is 44.5 Å². The second-order valence-corrected chi connectivity index (χ2v) is 6.43. The van der Waals surface area contributed by atoms with Crippen molar-refractivity contribution in [1.29, 1.82) is 0 Å². The molecule has 0 saturated heterocycles. The number of rotatable bonds is 9. The summed E-state index contributed by atoms with van der Waals surface area (Å²) in [6.45, 7) is 6.06. The van der Waals surface area contributed by atoms with E-state index in [0.717, 1.165) is 5.56 Å². The zero-order valence-electron chi connectivity index (χ0n) is 15.3. The summed E-state index contributed by atoms with van der Waals surface area (Å²) in [6, 6.07) is 5.58. The highest BCUT2D eigenvalue weighted by Gasteiger charge is 2.08. The fraction of sp³-hybridized carbons (Fsp3) is 0.389. The third kappa shape index (κ3) is 6.03. The quantitative estimate of drug-likeness (QED) is 0.409. The highest BCUT2D eigenvalue weighted by molar-refractivity contribution is 7.13. The largest absolute Gasteiger partial charge is 0.493 e. The molecule has 0 aliphatic rings. The Balaban J connectivity index is 1.96. The summed E-state index contributed by atoms with van der Waals surface area (Å²) in [5.41, 5.74) is 4.37. The van der Waals surface area contributed by atoms with Crippen molar-refractivity contribution in [2.75, 3.05) is 19.1 Å². The molecule has 0 amide bonds. The van der Waals surface area contributed by atoms with Crippen LogP contribution < -0.4 is 14.9 Å². The average Bonchev–Trinajstić information content (AvgIpc) is 3.03. The van der Waals surface area contributed by atoms with Gasteiger partial charge in [0, 0.05) is 5.38 Å². The Hall–Kier alpha value is -2.61. The van der Waals surface area contributed by atoms with Crippen molar-refractivity contribution < 1.29 is 19.0 Å². The first-order valence-corrected chi connectivity index (χ1v) is 9.13. The predicted octanol–water partition coefficient (Wildman–Crippen LogP) is 3.49. The van der Waals surface area contributed by atoms with Crippen molar-refractivity contribution in [3.63, 3.8) is 0 Å². The van der Waals surface area contributed by atoms with Crippen LogP contribution in [0.5, 0.6) is 11.5 Å². The molecule has 26 heavy (non-hydrogen) atoms. The Morgan fingerprint density at radius 1 is 1.38 bits per heavy atom. The number of carbonyl (C=O) groups is 1. The van der Waals surface area contributed by atoms with Gasteiger partial charge in [-0.1, -0.05) is 0 Å². The van der Waals surface area contributed by atoms with Crippen molar-refractivity contribution in [2.24, 2.45) is 5.10 Å². The first-order chi connectivity index (χ1) is 12.5. The van der Waals surface area contributed by atoms with Gasteiger partial charge in [0.25, 0.3) is 0 Å². The number of nitrogens with one attached hydrogen (secondary N) is 1. The first kappa shape index (κ1) is 19.7. The minimum Gasteiger partial charge on any atom is -0.493 e. The van der Waals surface area contributed by atoms with Crippen LogP contribution in [0.4, 0.5) is 5.13 Å². The minimum atomic E-state index is -0.288. The summed E-state index contributed by atoms with van der Waals surface area (Å²) in [5.74, 6) is 1.05. The van der Waals surface area contributed by atoms with Crippen LogP contribution in [0.15, 0.2) is 28.7 Å². The highest BCUT2D eigenvalue weighted by Crippen LogP contribution is 2.28. The van der Waals surface area contributed by atoms with E-state index in [1.54, 1.807) is 25.6 Å². The van der Waals surface area contributed by atoms with Gasteiger partial charge in [-0.3, -0.25) is 10.2 Å². The monoisotopic (exact) mass is 377 g/mol. The zero-order chi connectivity index (χ0) is 18.9. The molecule has 0 atom stereocenters. The topological polar surface area (TPSA) is 82.0 Å². The van der Waals surface area contributed by atoms with E-state index >= 15 is 0 Å². The van der Waals surface area contributed by atoms with Gasteiger partial charge in [0.1, 0.15) is 0 Å². The Morgan fingerprint density at radius 3 is 2.88 bits per heavy atom. The van der Waals surface area contributed by atoms with Gasteiger partial charge in [0.2, 0.25) is 5.13 Å². The molecule has 0 unspecified atom stereocenters. The van der Waals surface area contributed by atoms with E-state index in [0.29, 0.717) is 28.9 Å². The van der Waals surface area contributed by atoms with Crippen LogP contribution in [0.2, 0.25) is 0 Å². The number of benzene rings is 1. The lowest BCUT2D eigenvalue weighted by Crippen LogP contribution is -2.07. The standard InChI is InChI=1S/C18H23N3O4S/c1-5-24-17(22)9-14-11-26-18(20-14)21-19-10-13-6-7-15(25-12(2)3)16(8-13)23-4/h6-8,10-12H,5,9H2,1-4H3,(H,20,21). The fourth-order valence-corrected chi connectivity index (χ4v) is 2.74. The zero-order valence-corrected chi connectivity index (χ0v) is 16.1. The molecular formula is C18H23N3O4S. The van der Waals surface area contributed by atoms with Crippen molar-refractivity contribution in [1.82, 2.24) is 4.98 Å². The predicted molar refractivity (Wildman–Crippen MR) is 102 cm³/mol. The summed E-state index contributed by atoms with van der Waals surface area (Å²) < 4.78 is 15.9. The third-order valence-corrected chi connectivity index (χ3v) is 3.90. The number of hydrogen-bond acceptors (Lipinski definition) is 8.